The highest BCUT2D eigenvalue weighted by atomic mass is 19.4. The minimum Gasteiger partial charge on any atom is -0.376 e. The van der Waals surface area contributed by atoms with Crippen LogP contribution in [0.3, 0.4) is 0 Å². The van der Waals surface area contributed by atoms with Crippen molar-refractivity contribution in [1.29, 1.82) is 0 Å². The Morgan fingerprint density at radius 2 is 1.60 bits per heavy atom. The first-order valence-electron chi connectivity index (χ1n) is 6.17. The van der Waals surface area contributed by atoms with E-state index in [1.54, 1.807) is 13.8 Å². The molecular formula is C14H19F3O3. The van der Waals surface area contributed by atoms with Crippen LogP contribution in [0.15, 0.2) is 24.3 Å². The van der Waals surface area contributed by atoms with Crippen molar-refractivity contribution in [2.45, 2.75) is 44.9 Å². The first kappa shape index (κ1) is 16.9. The van der Waals surface area contributed by atoms with Gasteiger partial charge in [-0.3, -0.25) is 0 Å². The van der Waals surface area contributed by atoms with Gasteiger partial charge >= 0.3 is 6.18 Å². The smallest absolute Gasteiger partial charge is 0.376 e. The maximum absolute atomic E-state index is 12.7. The molecule has 1 aromatic carbocycles. The van der Waals surface area contributed by atoms with Gasteiger partial charge in [0, 0.05) is 7.11 Å². The molecule has 0 fully saturated rings. The lowest BCUT2D eigenvalue weighted by Gasteiger charge is -2.27. The summed E-state index contributed by atoms with van der Waals surface area (Å²) >= 11 is 0. The Bertz CT molecular complexity index is 426. The average molecular weight is 292 g/mol. The lowest BCUT2D eigenvalue weighted by molar-refractivity contribution is -0.258. The molecule has 3 unspecified atom stereocenters. The van der Waals surface area contributed by atoms with Crippen molar-refractivity contribution in [2.75, 3.05) is 7.11 Å². The molecule has 0 saturated heterocycles. The molecule has 3 atom stereocenters. The van der Waals surface area contributed by atoms with Gasteiger partial charge in [0.2, 0.25) is 0 Å². The normalized spacial score (nSPS) is 18.4. The zero-order valence-electron chi connectivity index (χ0n) is 11.9. The van der Waals surface area contributed by atoms with Gasteiger partial charge in [0.1, 0.15) is 0 Å². The van der Waals surface area contributed by atoms with Crippen LogP contribution in [-0.4, -0.2) is 24.7 Å². The molecule has 0 aliphatic heterocycles. The third kappa shape index (κ3) is 3.71. The van der Waals surface area contributed by atoms with E-state index in [0.29, 0.717) is 5.56 Å². The molecule has 6 heteroatoms. The third-order valence-electron chi connectivity index (χ3n) is 3.22. The van der Waals surface area contributed by atoms with Crippen LogP contribution < -0.4 is 0 Å². The van der Waals surface area contributed by atoms with Gasteiger partial charge in [0.15, 0.2) is 11.9 Å². The topological polar surface area (TPSA) is 38.7 Å². The Balaban J connectivity index is 2.89. The Morgan fingerprint density at radius 1 is 1.10 bits per heavy atom. The second kappa shape index (κ2) is 6.11. The lowest BCUT2D eigenvalue weighted by Crippen LogP contribution is -2.39. The Labute approximate surface area is 116 Å². The summed E-state index contributed by atoms with van der Waals surface area (Å²) < 4.78 is 48.5. The fraction of sp³-hybridized carbons (Fsp3) is 0.571. The summed E-state index contributed by atoms with van der Waals surface area (Å²) in [7, 11) is 1.50. The molecule has 3 nitrogen and oxygen atoms in total. The highest BCUT2D eigenvalue weighted by Crippen LogP contribution is 2.38. The molecule has 0 amide bonds. The van der Waals surface area contributed by atoms with Crippen LogP contribution in [0.2, 0.25) is 0 Å². The van der Waals surface area contributed by atoms with E-state index < -0.39 is 18.1 Å². The number of hydrogen-bond donors (Lipinski definition) is 1. The number of hydrogen-bond acceptors (Lipinski definition) is 3. The van der Waals surface area contributed by atoms with Crippen molar-refractivity contribution in [1.82, 2.24) is 0 Å². The first-order valence-corrected chi connectivity index (χ1v) is 6.17. The van der Waals surface area contributed by atoms with Crippen molar-refractivity contribution in [3.05, 3.63) is 35.4 Å². The summed E-state index contributed by atoms with van der Waals surface area (Å²) in [6.45, 7) is 4.22. The SMILES string of the molecule is COC(C)OC(C)c1ccc(C(C)(O)C(F)(F)F)cc1. The van der Waals surface area contributed by atoms with E-state index >= 15 is 0 Å². The van der Waals surface area contributed by atoms with E-state index in [4.69, 9.17) is 9.47 Å². The molecule has 0 aliphatic rings. The molecule has 1 N–H and O–H groups in total. The fourth-order valence-corrected chi connectivity index (χ4v) is 1.66. The van der Waals surface area contributed by atoms with E-state index in [1.807, 2.05) is 0 Å². The molecule has 1 aromatic rings. The first-order chi connectivity index (χ1) is 9.09. The Kier molecular flexibility index (Phi) is 5.18. The molecule has 114 valence electrons. The van der Waals surface area contributed by atoms with Gasteiger partial charge in [-0.15, -0.1) is 0 Å². The monoisotopic (exact) mass is 292 g/mol. The maximum atomic E-state index is 12.7. The second-order valence-electron chi connectivity index (χ2n) is 4.77. The maximum Gasteiger partial charge on any atom is 0.421 e. The summed E-state index contributed by atoms with van der Waals surface area (Å²) in [6, 6.07) is 5.51. The lowest BCUT2D eigenvalue weighted by atomic mass is 9.94. The van der Waals surface area contributed by atoms with Crippen molar-refractivity contribution in [3.8, 4) is 0 Å². The van der Waals surface area contributed by atoms with Gasteiger partial charge in [-0.2, -0.15) is 13.2 Å². The van der Waals surface area contributed by atoms with E-state index in [1.165, 1.54) is 31.4 Å². The van der Waals surface area contributed by atoms with Crippen molar-refractivity contribution >= 4 is 0 Å². The number of benzene rings is 1. The fourth-order valence-electron chi connectivity index (χ4n) is 1.66. The van der Waals surface area contributed by atoms with Crippen LogP contribution in [0.1, 0.15) is 38.0 Å². The zero-order chi connectivity index (χ0) is 15.6. The molecule has 0 spiro atoms. The van der Waals surface area contributed by atoms with Crippen molar-refractivity contribution in [3.63, 3.8) is 0 Å². The van der Waals surface area contributed by atoms with Crippen molar-refractivity contribution in [2.24, 2.45) is 0 Å². The van der Waals surface area contributed by atoms with Crippen molar-refractivity contribution < 1.29 is 27.8 Å². The number of ether oxygens (including phenoxy) is 2. The van der Waals surface area contributed by atoms with Gasteiger partial charge in [0.05, 0.1) is 6.10 Å². The van der Waals surface area contributed by atoms with Crippen LogP contribution in [0.25, 0.3) is 0 Å². The number of halogens is 3. The van der Waals surface area contributed by atoms with Gasteiger partial charge in [0.25, 0.3) is 0 Å². The quantitative estimate of drug-likeness (QED) is 0.844. The largest absolute Gasteiger partial charge is 0.421 e. The van der Waals surface area contributed by atoms with Crippen LogP contribution >= 0.6 is 0 Å². The summed E-state index contributed by atoms with van der Waals surface area (Å²) in [6.07, 6.45) is -5.46. The molecule has 20 heavy (non-hydrogen) atoms. The van der Waals surface area contributed by atoms with Gasteiger partial charge < -0.3 is 14.6 Å². The molecule has 0 radical (unpaired) electrons. The molecular weight excluding hydrogens is 273 g/mol. The Hall–Kier alpha value is -1.11. The number of rotatable bonds is 5. The minimum absolute atomic E-state index is 0.208. The van der Waals surface area contributed by atoms with E-state index in [-0.39, 0.29) is 11.7 Å². The minimum atomic E-state index is -4.72. The predicted molar refractivity (Wildman–Crippen MR) is 68.0 cm³/mol. The molecule has 0 saturated carbocycles. The van der Waals surface area contributed by atoms with Crippen LogP contribution in [0, 0.1) is 0 Å². The molecule has 0 heterocycles. The number of alkyl halides is 3. The molecule has 1 rings (SSSR count). The number of aliphatic hydroxyl groups is 1. The van der Waals surface area contributed by atoms with Crippen LogP contribution in [0.4, 0.5) is 13.2 Å². The molecule has 0 aromatic heterocycles. The zero-order valence-corrected chi connectivity index (χ0v) is 11.9. The van der Waals surface area contributed by atoms with Gasteiger partial charge in [-0.05, 0) is 31.9 Å². The predicted octanol–water partition coefficient (Wildman–Crippen LogP) is 3.53. The van der Waals surface area contributed by atoms with E-state index in [0.717, 1.165) is 6.92 Å². The summed E-state index contributed by atoms with van der Waals surface area (Å²) in [5.74, 6) is 0. The standard InChI is InChI=1S/C14H19F3O3/c1-9(20-10(2)19-4)11-5-7-12(8-6-11)13(3,18)14(15,16)17/h5-10,18H,1-4H3. The van der Waals surface area contributed by atoms with E-state index in [9.17, 15) is 18.3 Å². The van der Waals surface area contributed by atoms with E-state index in [2.05, 4.69) is 0 Å². The highest BCUT2D eigenvalue weighted by Gasteiger charge is 2.51. The van der Waals surface area contributed by atoms with Crippen LogP contribution in [-0.2, 0) is 15.1 Å². The summed E-state index contributed by atoms with van der Waals surface area (Å²) in [5, 5.41) is 9.56. The van der Waals surface area contributed by atoms with Gasteiger partial charge in [-0.25, -0.2) is 0 Å². The highest BCUT2D eigenvalue weighted by molar-refractivity contribution is 5.29. The average Bonchev–Trinajstić information content (AvgIpc) is 2.37. The van der Waals surface area contributed by atoms with Gasteiger partial charge in [-0.1, -0.05) is 24.3 Å². The second-order valence-corrected chi connectivity index (χ2v) is 4.77. The summed E-state index contributed by atoms with van der Waals surface area (Å²) in [5.41, 5.74) is -2.37. The third-order valence-corrected chi connectivity index (χ3v) is 3.22. The van der Waals surface area contributed by atoms with Crippen LogP contribution in [0.5, 0.6) is 0 Å². The molecule has 0 bridgehead atoms. The number of methoxy groups -OCH3 is 1. The Morgan fingerprint density at radius 3 is 2.00 bits per heavy atom. The molecule has 0 aliphatic carbocycles. The summed E-state index contributed by atoms with van der Waals surface area (Å²) in [4.78, 5) is 0.